The van der Waals surface area contributed by atoms with Gasteiger partial charge in [-0.3, -0.25) is 4.79 Å². The number of aromatic nitrogens is 2. The van der Waals surface area contributed by atoms with Gasteiger partial charge < -0.3 is 14.7 Å². The Labute approximate surface area is 195 Å². The predicted octanol–water partition coefficient (Wildman–Crippen LogP) is 4.25. The van der Waals surface area contributed by atoms with Crippen LogP contribution < -0.4 is 4.90 Å². The number of Topliss-reactive ketones (excluding diaryl/α,β-unsaturated/α-hetero) is 1. The van der Waals surface area contributed by atoms with Crippen molar-refractivity contribution in [3.05, 3.63) is 18.0 Å². The third-order valence-electron chi connectivity index (χ3n) is 7.54. The van der Waals surface area contributed by atoms with Crippen molar-refractivity contribution in [2.75, 3.05) is 38.6 Å². The number of anilines is 1. The number of nitrogens with zero attached hydrogens (tertiary/aromatic N) is 5. The van der Waals surface area contributed by atoms with Crippen molar-refractivity contribution < 1.29 is 4.79 Å². The van der Waals surface area contributed by atoms with Gasteiger partial charge in [-0.25, -0.2) is 9.97 Å². The summed E-state index contributed by atoms with van der Waals surface area (Å²) in [5, 5.41) is 0. The number of piperazine rings is 1. The van der Waals surface area contributed by atoms with Crippen LogP contribution in [0.2, 0.25) is 0 Å². The zero-order chi connectivity index (χ0) is 23.3. The summed E-state index contributed by atoms with van der Waals surface area (Å²) in [5.41, 5.74) is 1.18. The van der Waals surface area contributed by atoms with Crippen LogP contribution in [-0.4, -0.2) is 71.4 Å². The molecule has 0 amide bonds. The van der Waals surface area contributed by atoms with Crippen LogP contribution in [0.5, 0.6) is 0 Å². The molecule has 180 valence electrons. The van der Waals surface area contributed by atoms with E-state index >= 15 is 0 Å². The monoisotopic (exact) mass is 443 g/mol. The van der Waals surface area contributed by atoms with Crippen LogP contribution in [-0.2, 0) is 11.3 Å². The van der Waals surface area contributed by atoms with Gasteiger partial charge in [0.15, 0.2) is 0 Å². The quantitative estimate of drug-likeness (QED) is 0.569. The molecule has 32 heavy (non-hydrogen) atoms. The molecular formula is C26H45N5O. The lowest BCUT2D eigenvalue weighted by molar-refractivity contribution is -0.127. The van der Waals surface area contributed by atoms with Gasteiger partial charge in [0.25, 0.3) is 0 Å². The van der Waals surface area contributed by atoms with E-state index in [9.17, 15) is 4.79 Å². The van der Waals surface area contributed by atoms with Crippen molar-refractivity contribution in [1.82, 2.24) is 19.8 Å². The fraction of sp³-hybridized carbons (Fsp3) is 0.808. The summed E-state index contributed by atoms with van der Waals surface area (Å²) in [6, 6.07) is 0.954. The Hall–Kier alpha value is -1.53. The van der Waals surface area contributed by atoms with E-state index in [0.717, 1.165) is 57.8 Å². The molecule has 0 radical (unpaired) electrons. The minimum atomic E-state index is 0.174. The Kier molecular flexibility index (Phi) is 9.06. The number of rotatable bonds is 9. The van der Waals surface area contributed by atoms with Crippen LogP contribution in [0.25, 0.3) is 0 Å². The Morgan fingerprint density at radius 1 is 1.06 bits per heavy atom. The number of carbonyl (C=O) groups is 1. The molecule has 0 bridgehead atoms. The number of hydrogen-bond donors (Lipinski definition) is 0. The third kappa shape index (κ3) is 6.28. The first-order valence-electron chi connectivity index (χ1n) is 12.8. The van der Waals surface area contributed by atoms with Gasteiger partial charge >= 0.3 is 0 Å². The molecule has 2 aliphatic rings. The first-order valence-corrected chi connectivity index (χ1v) is 12.8. The summed E-state index contributed by atoms with van der Waals surface area (Å²) >= 11 is 0. The summed E-state index contributed by atoms with van der Waals surface area (Å²) in [5.74, 6) is 2.51. The Balaban J connectivity index is 1.52. The molecule has 6 heteroatoms. The molecule has 1 saturated heterocycles. The Morgan fingerprint density at radius 3 is 2.12 bits per heavy atom. The van der Waals surface area contributed by atoms with Gasteiger partial charge in [-0.05, 0) is 58.5 Å². The SMILES string of the molecule is CCC1CN(C)CC(CC)N1c1ncc(CN(C)C[C@H]2CC[C@@H](C(=O)C(C)C)CC2)cn1. The van der Waals surface area contributed by atoms with Gasteiger partial charge in [0.1, 0.15) is 5.78 Å². The third-order valence-corrected chi connectivity index (χ3v) is 7.54. The smallest absolute Gasteiger partial charge is 0.225 e. The van der Waals surface area contributed by atoms with E-state index in [1.807, 2.05) is 26.2 Å². The molecule has 2 fully saturated rings. The molecule has 6 nitrogen and oxygen atoms in total. The van der Waals surface area contributed by atoms with E-state index in [4.69, 9.17) is 9.97 Å². The minimum absolute atomic E-state index is 0.174. The van der Waals surface area contributed by atoms with E-state index < -0.39 is 0 Å². The molecule has 0 aromatic carbocycles. The lowest BCUT2D eigenvalue weighted by Crippen LogP contribution is -2.58. The van der Waals surface area contributed by atoms with Gasteiger partial charge in [-0.1, -0.05) is 27.7 Å². The first kappa shape index (κ1) is 25.1. The van der Waals surface area contributed by atoms with Crippen LogP contribution in [0.3, 0.4) is 0 Å². The van der Waals surface area contributed by atoms with Gasteiger partial charge in [-0.15, -0.1) is 0 Å². The average Bonchev–Trinajstić information content (AvgIpc) is 2.79. The molecule has 1 aromatic heterocycles. The van der Waals surface area contributed by atoms with Crippen molar-refractivity contribution in [2.24, 2.45) is 17.8 Å². The maximum Gasteiger partial charge on any atom is 0.225 e. The van der Waals surface area contributed by atoms with Crippen LogP contribution in [0.4, 0.5) is 5.95 Å². The van der Waals surface area contributed by atoms with Crippen molar-refractivity contribution in [3.8, 4) is 0 Å². The highest BCUT2D eigenvalue weighted by molar-refractivity contribution is 5.82. The van der Waals surface area contributed by atoms with Crippen molar-refractivity contribution in [1.29, 1.82) is 0 Å². The fourth-order valence-electron chi connectivity index (χ4n) is 5.73. The highest BCUT2D eigenvalue weighted by atomic mass is 16.1. The van der Waals surface area contributed by atoms with E-state index in [2.05, 4.69) is 42.6 Å². The van der Waals surface area contributed by atoms with Gasteiger partial charge in [0, 0.05) is 68.1 Å². The van der Waals surface area contributed by atoms with Gasteiger partial charge in [-0.2, -0.15) is 0 Å². The second-order valence-electron chi connectivity index (χ2n) is 10.6. The second kappa shape index (κ2) is 11.6. The molecule has 1 saturated carbocycles. The number of likely N-dealkylation sites (N-methyl/N-ethyl adjacent to an activating group) is 1. The summed E-state index contributed by atoms with van der Waals surface area (Å²) in [7, 11) is 4.41. The molecule has 0 spiro atoms. The van der Waals surface area contributed by atoms with Crippen molar-refractivity contribution >= 4 is 11.7 Å². The zero-order valence-corrected chi connectivity index (χ0v) is 21.3. The van der Waals surface area contributed by atoms with Crippen molar-refractivity contribution in [3.63, 3.8) is 0 Å². The topological polar surface area (TPSA) is 52.6 Å². The van der Waals surface area contributed by atoms with E-state index in [1.165, 1.54) is 18.4 Å². The summed E-state index contributed by atoms with van der Waals surface area (Å²) in [4.78, 5) is 29.2. The molecule has 1 aliphatic carbocycles. The summed E-state index contributed by atoms with van der Waals surface area (Å²) < 4.78 is 0. The normalized spacial score (nSPS) is 27.3. The molecular weight excluding hydrogens is 398 g/mol. The van der Waals surface area contributed by atoms with E-state index in [1.54, 1.807) is 0 Å². The zero-order valence-electron chi connectivity index (χ0n) is 21.3. The number of ketones is 1. The highest BCUT2D eigenvalue weighted by Gasteiger charge is 2.33. The Bertz CT molecular complexity index is 699. The molecule has 2 heterocycles. The summed E-state index contributed by atoms with van der Waals surface area (Å²) in [6.07, 6.45) is 10.7. The molecule has 1 aliphatic heterocycles. The van der Waals surface area contributed by atoms with Crippen LogP contribution >= 0.6 is 0 Å². The molecule has 2 unspecified atom stereocenters. The maximum absolute atomic E-state index is 12.3. The maximum atomic E-state index is 12.3. The molecule has 2 atom stereocenters. The standard InChI is InChI=1S/C26H45N5O/c1-7-23-17-30(6)18-24(8-2)31(23)26-27-13-21(14-28-26)16-29(5)15-20-9-11-22(12-10-20)25(32)19(3)4/h13-14,19-20,22-24H,7-12,15-18H2,1-6H3/t20-,22+,23?,24?. The predicted molar refractivity (Wildman–Crippen MR) is 132 cm³/mol. The number of carbonyl (C=O) groups excluding carboxylic acids is 1. The number of hydrogen-bond acceptors (Lipinski definition) is 6. The van der Waals surface area contributed by atoms with E-state index in [-0.39, 0.29) is 5.92 Å². The second-order valence-corrected chi connectivity index (χ2v) is 10.6. The largest absolute Gasteiger partial charge is 0.332 e. The fourth-order valence-corrected chi connectivity index (χ4v) is 5.73. The highest BCUT2D eigenvalue weighted by Crippen LogP contribution is 2.31. The van der Waals surface area contributed by atoms with Crippen LogP contribution in [0.15, 0.2) is 12.4 Å². The average molecular weight is 444 g/mol. The van der Waals surface area contributed by atoms with Gasteiger partial charge in [0.05, 0.1) is 0 Å². The molecule has 0 N–H and O–H groups in total. The van der Waals surface area contributed by atoms with Crippen LogP contribution in [0, 0.1) is 17.8 Å². The molecule has 1 aromatic rings. The summed E-state index contributed by atoms with van der Waals surface area (Å²) in [6.45, 7) is 12.7. The van der Waals surface area contributed by atoms with E-state index in [0.29, 0.717) is 29.7 Å². The Morgan fingerprint density at radius 2 is 1.62 bits per heavy atom. The minimum Gasteiger partial charge on any atom is -0.332 e. The van der Waals surface area contributed by atoms with Crippen LogP contribution in [0.1, 0.15) is 71.8 Å². The first-order chi connectivity index (χ1) is 15.3. The lowest BCUT2D eigenvalue weighted by Gasteiger charge is -2.45. The van der Waals surface area contributed by atoms with Crippen molar-refractivity contribution in [2.45, 2.75) is 84.8 Å². The lowest BCUT2D eigenvalue weighted by atomic mass is 9.77. The molecule has 3 rings (SSSR count). The van der Waals surface area contributed by atoms with Gasteiger partial charge in [0.2, 0.25) is 5.95 Å².